The first-order valence-electron chi connectivity index (χ1n) is 5.77. The van der Waals surface area contributed by atoms with Gasteiger partial charge in [-0.05, 0) is 24.7 Å². The zero-order valence-corrected chi connectivity index (χ0v) is 8.85. The first-order valence-corrected chi connectivity index (χ1v) is 5.77. The molecule has 0 aromatic rings. The smallest absolute Gasteiger partial charge is 0.233 e. The van der Waals surface area contributed by atoms with Crippen LogP contribution in [0.2, 0.25) is 0 Å². The third-order valence-electron chi connectivity index (χ3n) is 4.01. The quantitative estimate of drug-likeness (QED) is 0.502. The molecule has 3 nitrogen and oxygen atoms in total. The minimum absolute atomic E-state index is 0.0148. The largest absolute Gasteiger partial charge is 0.282 e. The second kappa shape index (κ2) is 2.94. The van der Waals surface area contributed by atoms with Crippen LogP contribution >= 0.6 is 0 Å². The Bertz CT molecular complexity index is 331. The van der Waals surface area contributed by atoms with Crippen LogP contribution in [0.25, 0.3) is 0 Å². The molecule has 2 bridgehead atoms. The van der Waals surface area contributed by atoms with Crippen molar-refractivity contribution in [2.24, 2.45) is 23.7 Å². The number of carbonyl (C=O) groups is 2. The molecule has 80 valence electrons. The molecule has 1 saturated carbocycles. The van der Waals surface area contributed by atoms with Crippen molar-refractivity contribution >= 4 is 11.8 Å². The maximum atomic E-state index is 12.0. The Morgan fingerprint density at radius 2 is 1.73 bits per heavy atom. The molecule has 0 spiro atoms. The van der Waals surface area contributed by atoms with E-state index in [1.165, 1.54) is 4.90 Å². The first-order chi connectivity index (χ1) is 7.24. The zero-order valence-electron chi connectivity index (χ0n) is 8.85. The molecule has 3 heteroatoms. The molecule has 0 aromatic carbocycles. The summed E-state index contributed by atoms with van der Waals surface area (Å²) in [5.74, 6) is 0.835. The van der Waals surface area contributed by atoms with Crippen LogP contribution in [0, 0.1) is 23.7 Å². The Kier molecular flexibility index (Phi) is 1.79. The van der Waals surface area contributed by atoms with E-state index < -0.39 is 0 Å². The van der Waals surface area contributed by atoms with Gasteiger partial charge in [-0.25, -0.2) is 0 Å². The predicted molar refractivity (Wildman–Crippen MR) is 54.7 cm³/mol. The molecular formula is C12H15NO2. The van der Waals surface area contributed by atoms with Gasteiger partial charge in [0.25, 0.3) is 0 Å². The second-order valence-corrected chi connectivity index (χ2v) is 4.83. The van der Waals surface area contributed by atoms with Crippen LogP contribution in [0.1, 0.15) is 19.8 Å². The third kappa shape index (κ3) is 1.01. The fourth-order valence-electron chi connectivity index (χ4n) is 3.41. The number of nitrogens with zero attached hydrogens (tertiary/aromatic N) is 1. The molecule has 2 fully saturated rings. The van der Waals surface area contributed by atoms with Gasteiger partial charge in [-0.2, -0.15) is 0 Å². The molecule has 1 saturated heterocycles. The molecule has 0 N–H and O–H groups in total. The summed E-state index contributed by atoms with van der Waals surface area (Å²) < 4.78 is 0. The summed E-state index contributed by atoms with van der Waals surface area (Å²) in [6, 6.07) is 0. The lowest BCUT2D eigenvalue weighted by molar-refractivity contribution is -0.140. The van der Waals surface area contributed by atoms with Gasteiger partial charge >= 0.3 is 0 Å². The van der Waals surface area contributed by atoms with Gasteiger partial charge in [-0.15, -0.1) is 0 Å². The molecule has 1 heterocycles. The minimum atomic E-state index is -0.0148. The number of hydrogen-bond donors (Lipinski definition) is 0. The molecule has 2 aliphatic carbocycles. The second-order valence-electron chi connectivity index (χ2n) is 4.83. The topological polar surface area (TPSA) is 37.4 Å². The number of allylic oxidation sites excluding steroid dienone is 2. The summed E-state index contributed by atoms with van der Waals surface area (Å²) >= 11 is 0. The van der Waals surface area contributed by atoms with E-state index in [-0.39, 0.29) is 23.7 Å². The average Bonchev–Trinajstić information content (AvgIpc) is 2.87. The van der Waals surface area contributed by atoms with Gasteiger partial charge in [0, 0.05) is 6.54 Å². The van der Waals surface area contributed by atoms with Gasteiger partial charge in [0.2, 0.25) is 11.8 Å². The highest BCUT2D eigenvalue weighted by molar-refractivity contribution is 6.06. The maximum Gasteiger partial charge on any atom is 0.233 e. The van der Waals surface area contributed by atoms with Gasteiger partial charge in [-0.3, -0.25) is 14.5 Å². The lowest BCUT2D eigenvalue weighted by atomic mass is 9.85. The summed E-state index contributed by atoms with van der Waals surface area (Å²) in [5, 5.41) is 0. The number of amides is 2. The minimum Gasteiger partial charge on any atom is -0.282 e. The van der Waals surface area contributed by atoms with E-state index in [1.807, 2.05) is 6.92 Å². The Hall–Kier alpha value is -1.12. The van der Waals surface area contributed by atoms with E-state index in [2.05, 4.69) is 12.2 Å². The molecule has 2 amide bonds. The van der Waals surface area contributed by atoms with E-state index in [9.17, 15) is 9.59 Å². The highest BCUT2D eigenvalue weighted by atomic mass is 16.2. The predicted octanol–water partition coefficient (Wildman–Crippen LogP) is 1.20. The van der Waals surface area contributed by atoms with Crippen molar-refractivity contribution in [3.63, 3.8) is 0 Å². The van der Waals surface area contributed by atoms with Gasteiger partial charge in [0.1, 0.15) is 0 Å². The number of hydrogen-bond acceptors (Lipinski definition) is 2. The number of fused-ring (bicyclic) bond motifs is 5. The molecular weight excluding hydrogens is 190 g/mol. The van der Waals surface area contributed by atoms with Crippen LogP contribution in [0.4, 0.5) is 0 Å². The van der Waals surface area contributed by atoms with Crippen LogP contribution in [-0.2, 0) is 9.59 Å². The molecule has 1 aliphatic heterocycles. The maximum absolute atomic E-state index is 12.0. The Morgan fingerprint density at radius 1 is 1.20 bits per heavy atom. The molecule has 3 aliphatic rings. The standard InChI is InChI=1S/C12H15NO2/c1-2-5-13-11(14)9-7-3-4-8(6-7)10(9)12(13)15/h3-4,7-10H,2,5-6H2,1H3/t7-,8-,9-,10-/m0/s1. The summed E-state index contributed by atoms with van der Waals surface area (Å²) in [4.78, 5) is 25.6. The molecule has 4 atom stereocenters. The van der Waals surface area contributed by atoms with E-state index in [0.29, 0.717) is 18.4 Å². The summed E-state index contributed by atoms with van der Waals surface area (Å²) in [6.07, 6.45) is 6.14. The van der Waals surface area contributed by atoms with Gasteiger partial charge in [0.05, 0.1) is 11.8 Å². The van der Waals surface area contributed by atoms with Crippen molar-refractivity contribution in [1.29, 1.82) is 0 Å². The Morgan fingerprint density at radius 3 is 2.20 bits per heavy atom. The highest BCUT2D eigenvalue weighted by Crippen LogP contribution is 2.52. The lowest BCUT2D eigenvalue weighted by Gasteiger charge is -2.15. The Balaban J connectivity index is 1.93. The SMILES string of the molecule is CCCN1C(=O)[C@@H]2[C@@H](C1=O)[C@H]1C=C[C@H]2C1. The van der Waals surface area contributed by atoms with E-state index in [1.54, 1.807) is 0 Å². The van der Waals surface area contributed by atoms with Gasteiger partial charge < -0.3 is 0 Å². The van der Waals surface area contributed by atoms with Crippen LogP contribution in [0.15, 0.2) is 12.2 Å². The number of likely N-dealkylation sites (tertiary alicyclic amines) is 1. The van der Waals surface area contributed by atoms with Crippen LogP contribution in [0.3, 0.4) is 0 Å². The Labute approximate surface area is 89.1 Å². The summed E-state index contributed by atoms with van der Waals surface area (Å²) in [6.45, 7) is 2.60. The number of carbonyl (C=O) groups excluding carboxylic acids is 2. The van der Waals surface area contributed by atoms with Crippen molar-refractivity contribution in [3.05, 3.63) is 12.2 Å². The lowest BCUT2D eigenvalue weighted by Crippen LogP contribution is -2.33. The highest BCUT2D eigenvalue weighted by Gasteiger charge is 2.58. The molecule has 15 heavy (non-hydrogen) atoms. The molecule has 0 unspecified atom stereocenters. The average molecular weight is 205 g/mol. The summed E-state index contributed by atoms with van der Waals surface area (Å²) in [7, 11) is 0. The van der Waals surface area contributed by atoms with Crippen LogP contribution in [0.5, 0.6) is 0 Å². The molecule has 3 rings (SSSR count). The van der Waals surface area contributed by atoms with Crippen molar-refractivity contribution in [2.75, 3.05) is 6.54 Å². The van der Waals surface area contributed by atoms with Crippen molar-refractivity contribution in [3.8, 4) is 0 Å². The monoisotopic (exact) mass is 205 g/mol. The van der Waals surface area contributed by atoms with Crippen molar-refractivity contribution < 1.29 is 9.59 Å². The molecule has 0 radical (unpaired) electrons. The molecule has 0 aromatic heterocycles. The summed E-state index contributed by atoms with van der Waals surface area (Å²) in [5.41, 5.74) is 0. The van der Waals surface area contributed by atoms with Gasteiger partial charge in [0.15, 0.2) is 0 Å². The fourth-order valence-corrected chi connectivity index (χ4v) is 3.41. The number of rotatable bonds is 2. The van der Waals surface area contributed by atoms with E-state index in [0.717, 1.165) is 12.8 Å². The van der Waals surface area contributed by atoms with Gasteiger partial charge in [-0.1, -0.05) is 19.1 Å². The van der Waals surface area contributed by atoms with Crippen LogP contribution < -0.4 is 0 Å². The zero-order chi connectivity index (χ0) is 10.6. The van der Waals surface area contributed by atoms with E-state index >= 15 is 0 Å². The van der Waals surface area contributed by atoms with E-state index in [4.69, 9.17) is 0 Å². The first kappa shape index (κ1) is 9.13. The number of imide groups is 1. The normalized spacial score (nSPS) is 41.8. The third-order valence-corrected chi connectivity index (χ3v) is 4.01. The van der Waals surface area contributed by atoms with Crippen molar-refractivity contribution in [2.45, 2.75) is 19.8 Å². The van der Waals surface area contributed by atoms with Crippen molar-refractivity contribution in [1.82, 2.24) is 4.90 Å². The van der Waals surface area contributed by atoms with Crippen LogP contribution in [-0.4, -0.2) is 23.3 Å². The fraction of sp³-hybridized carbons (Fsp3) is 0.667.